The van der Waals surface area contributed by atoms with Gasteiger partial charge >= 0.3 is 0 Å². The Morgan fingerprint density at radius 2 is 1.12 bits per heavy atom. The first kappa shape index (κ1) is 32.0. The molecule has 3 rings (SSSR count). The van der Waals surface area contributed by atoms with Crippen LogP contribution in [0, 0.1) is 20.8 Å². The van der Waals surface area contributed by atoms with E-state index in [4.69, 9.17) is 23.7 Å². The van der Waals surface area contributed by atoms with E-state index < -0.39 is 0 Å². The van der Waals surface area contributed by atoms with Crippen LogP contribution in [0.3, 0.4) is 0 Å². The fraction of sp³-hybridized carbons (Fsp3) is 0.636. The summed E-state index contributed by atoms with van der Waals surface area (Å²) in [6, 6.07) is 10.00. The molecule has 0 N–H and O–H groups in total. The van der Waals surface area contributed by atoms with Crippen molar-refractivity contribution in [3.8, 4) is 11.5 Å². The number of ether oxygens (including phenoxy) is 5. The molecule has 40 heavy (non-hydrogen) atoms. The molecule has 0 saturated carbocycles. The topological polar surface area (TPSA) is 67.1 Å². The number of ketones is 1. The molecule has 1 aliphatic rings. The Bertz CT molecular complexity index is 1000. The predicted molar refractivity (Wildman–Crippen MR) is 157 cm³/mol. The smallest absolute Gasteiger partial charge is 0.178 e. The lowest BCUT2D eigenvalue weighted by Gasteiger charge is -2.14. The number of carbonyl (C=O) groups is 1. The summed E-state index contributed by atoms with van der Waals surface area (Å²) in [6.45, 7) is 11.5. The van der Waals surface area contributed by atoms with E-state index in [0.29, 0.717) is 76.3 Å². The van der Waals surface area contributed by atoms with Crippen molar-refractivity contribution in [2.24, 2.45) is 0 Å². The molecule has 0 unspecified atom stereocenters. The number of aromatic nitrogens is 1. The number of benzene rings is 1. The summed E-state index contributed by atoms with van der Waals surface area (Å²) in [5.41, 5.74) is 4.72. The average Bonchev–Trinajstić information content (AvgIpc) is 2.94. The highest BCUT2D eigenvalue weighted by Gasteiger charge is 2.13. The van der Waals surface area contributed by atoms with E-state index >= 15 is 0 Å². The minimum atomic E-state index is 0.151. The van der Waals surface area contributed by atoms with Crippen LogP contribution in [0.1, 0.15) is 85.1 Å². The first-order valence-corrected chi connectivity index (χ1v) is 15.2. The summed E-state index contributed by atoms with van der Waals surface area (Å²) in [4.78, 5) is 12.9. The molecule has 222 valence electrons. The van der Waals surface area contributed by atoms with Crippen molar-refractivity contribution in [2.45, 2.75) is 85.1 Å². The van der Waals surface area contributed by atoms with Crippen LogP contribution in [0.2, 0.25) is 0 Å². The zero-order valence-corrected chi connectivity index (χ0v) is 25.0. The maximum atomic E-state index is 12.9. The largest absolute Gasteiger partial charge is 0.487 e. The monoisotopic (exact) mass is 556 g/mol. The molecule has 0 aliphatic carbocycles. The summed E-state index contributed by atoms with van der Waals surface area (Å²) >= 11 is 0. The van der Waals surface area contributed by atoms with Gasteiger partial charge in [0.15, 0.2) is 28.7 Å². The molecule has 7 nitrogen and oxygen atoms in total. The molecule has 1 aromatic heterocycles. The van der Waals surface area contributed by atoms with Crippen molar-refractivity contribution in [1.82, 2.24) is 0 Å². The van der Waals surface area contributed by atoms with Gasteiger partial charge in [-0.1, -0.05) is 32.1 Å². The molecular formula is C33H50NO6+. The Morgan fingerprint density at radius 1 is 0.625 bits per heavy atom. The Kier molecular flexibility index (Phi) is 15.1. The first-order chi connectivity index (χ1) is 19.5. The molecule has 2 aromatic rings. The van der Waals surface area contributed by atoms with Crippen LogP contribution in [-0.4, -0.2) is 58.6 Å². The number of pyridine rings is 1. The maximum absolute atomic E-state index is 12.9. The molecule has 0 fully saturated rings. The summed E-state index contributed by atoms with van der Waals surface area (Å²) in [5, 5.41) is 0. The molecule has 1 aliphatic heterocycles. The Morgan fingerprint density at radius 3 is 1.73 bits per heavy atom. The zero-order chi connectivity index (χ0) is 28.4. The van der Waals surface area contributed by atoms with Crippen molar-refractivity contribution < 1.29 is 33.0 Å². The molecule has 1 aromatic carbocycles. The van der Waals surface area contributed by atoms with Gasteiger partial charge in [0.25, 0.3) is 0 Å². The highest BCUT2D eigenvalue weighted by atomic mass is 16.6. The highest BCUT2D eigenvalue weighted by Crippen LogP contribution is 2.29. The number of carbonyl (C=O) groups excluding carboxylic acids is 1. The average molecular weight is 557 g/mol. The van der Waals surface area contributed by atoms with Gasteiger partial charge in [0.2, 0.25) is 0 Å². The van der Waals surface area contributed by atoms with Gasteiger partial charge in [-0.05, 0) is 43.5 Å². The highest BCUT2D eigenvalue weighted by molar-refractivity contribution is 5.96. The van der Waals surface area contributed by atoms with E-state index in [-0.39, 0.29) is 5.78 Å². The van der Waals surface area contributed by atoms with Crippen LogP contribution in [0.15, 0.2) is 30.3 Å². The lowest BCUT2D eigenvalue weighted by atomic mass is 10.0. The van der Waals surface area contributed by atoms with Crippen molar-refractivity contribution in [3.05, 3.63) is 52.8 Å². The first-order valence-electron chi connectivity index (χ1n) is 15.2. The number of Topliss-reactive ketones (excluding diaryl/α,β-unsaturated/α-hetero) is 1. The van der Waals surface area contributed by atoms with Crippen LogP contribution in [0.25, 0.3) is 0 Å². The fourth-order valence-electron chi connectivity index (χ4n) is 5.12. The minimum absolute atomic E-state index is 0.151. The van der Waals surface area contributed by atoms with Crippen molar-refractivity contribution in [3.63, 3.8) is 0 Å². The van der Waals surface area contributed by atoms with Crippen LogP contribution in [0.5, 0.6) is 11.5 Å². The minimum Gasteiger partial charge on any atom is -0.487 e. The van der Waals surface area contributed by atoms with Crippen molar-refractivity contribution in [2.75, 3.05) is 52.9 Å². The van der Waals surface area contributed by atoms with E-state index in [0.717, 1.165) is 19.4 Å². The molecule has 0 radical (unpaired) electrons. The number of fused-ring (bicyclic) bond motifs is 1. The fourth-order valence-corrected chi connectivity index (χ4v) is 5.12. The number of unbranched alkanes of at least 4 members (excludes halogenated alkanes) is 7. The molecular weight excluding hydrogens is 506 g/mol. The van der Waals surface area contributed by atoms with Gasteiger partial charge in [0.05, 0.1) is 39.6 Å². The summed E-state index contributed by atoms with van der Waals surface area (Å²) in [6.07, 6.45) is 10.1. The number of aryl methyl sites for hydroxylation is 3. The number of nitrogens with zero attached hydrogens (tertiary/aromatic N) is 1. The standard InChI is InChI=1S/C33H50NO6/c1-27-24-28(2)34(29(3)25-27)15-11-9-7-5-4-6-8-10-12-31(35)30-13-14-32-33(26-30)40-23-21-38-19-17-36-16-18-37-20-22-39-32/h13-14,24-26H,4-12,15-23H2,1-3H3/q+1. The van der Waals surface area contributed by atoms with Crippen molar-refractivity contribution in [1.29, 1.82) is 0 Å². The SMILES string of the molecule is Cc1cc(C)[n+](CCCCCCCCCCC(=O)c2ccc3c(c2)OCCOCCOCCOCCO3)c(C)c1. The molecule has 0 bridgehead atoms. The van der Waals surface area contributed by atoms with E-state index in [9.17, 15) is 4.79 Å². The molecule has 2 heterocycles. The number of rotatable bonds is 12. The lowest BCUT2D eigenvalue weighted by Crippen LogP contribution is -2.40. The van der Waals surface area contributed by atoms with Crippen LogP contribution >= 0.6 is 0 Å². The lowest BCUT2D eigenvalue weighted by molar-refractivity contribution is -0.709. The van der Waals surface area contributed by atoms with Gasteiger partial charge in [-0.25, -0.2) is 4.57 Å². The van der Waals surface area contributed by atoms with Crippen LogP contribution in [-0.2, 0) is 20.8 Å². The summed E-state index contributed by atoms with van der Waals surface area (Å²) < 4.78 is 30.7. The van der Waals surface area contributed by atoms with E-state index in [1.807, 2.05) is 12.1 Å². The molecule has 0 amide bonds. The molecule has 0 atom stereocenters. The second-order valence-electron chi connectivity index (χ2n) is 10.7. The normalized spacial score (nSPS) is 15.3. The van der Waals surface area contributed by atoms with Gasteiger partial charge in [-0.2, -0.15) is 0 Å². The van der Waals surface area contributed by atoms with Crippen LogP contribution in [0.4, 0.5) is 0 Å². The predicted octanol–water partition coefficient (Wildman–Crippen LogP) is 6.11. The second-order valence-corrected chi connectivity index (χ2v) is 10.7. The van der Waals surface area contributed by atoms with Crippen LogP contribution < -0.4 is 14.0 Å². The number of hydrogen-bond donors (Lipinski definition) is 0. The Balaban J connectivity index is 1.31. The third-order valence-corrected chi connectivity index (χ3v) is 7.24. The Labute approximate surface area is 241 Å². The van der Waals surface area contributed by atoms with Gasteiger partial charge in [0.1, 0.15) is 19.8 Å². The summed E-state index contributed by atoms with van der Waals surface area (Å²) in [7, 11) is 0. The quantitative estimate of drug-likeness (QED) is 0.178. The second kappa shape index (κ2) is 18.8. The van der Waals surface area contributed by atoms with E-state index in [1.165, 1.54) is 55.5 Å². The summed E-state index contributed by atoms with van der Waals surface area (Å²) in [5.74, 6) is 1.35. The van der Waals surface area contributed by atoms with Gasteiger partial charge in [-0.15, -0.1) is 0 Å². The van der Waals surface area contributed by atoms with Crippen molar-refractivity contribution >= 4 is 5.78 Å². The van der Waals surface area contributed by atoms with E-state index in [2.05, 4.69) is 37.5 Å². The molecule has 7 heteroatoms. The maximum Gasteiger partial charge on any atom is 0.178 e. The van der Waals surface area contributed by atoms with E-state index in [1.54, 1.807) is 6.07 Å². The molecule has 0 spiro atoms. The van der Waals surface area contributed by atoms with Gasteiger partial charge in [-0.3, -0.25) is 4.79 Å². The van der Waals surface area contributed by atoms with Gasteiger partial charge in [0, 0.05) is 44.4 Å². The van der Waals surface area contributed by atoms with Gasteiger partial charge < -0.3 is 23.7 Å². The Hall–Kier alpha value is -2.48. The molecule has 0 saturated heterocycles. The third-order valence-electron chi connectivity index (χ3n) is 7.24. The zero-order valence-electron chi connectivity index (χ0n) is 25.0. The number of hydrogen-bond acceptors (Lipinski definition) is 6. The third kappa shape index (κ3) is 11.9.